The van der Waals surface area contributed by atoms with Gasteiger partial charge in [0, 0.05) is 30.9 Å². The molecule has 1 aromatic heterocycles. The average Bonchev–Trinajstić information content (AvgIpc) is 3.47. The van der Waals surface area contributed by atoms with Crippen LogP contribution in [0.3, 0.4) is 0 Å². The fourth-order valence-corrected chi connectivity index (χ4v) is 4.28. The highest BCUT2D eigenvalue weighted by Crippen LogP contribution is 2.09. The Bertz CT molecular complexity index is 1240. The minimum Gasteiger partial charge on any atom is -0.348 e. The van der Waals surface area contributed by atoms with Crippen LogP contribution in [0.1, 0.15) is 39.8 Å². The zero-order chi connectivity index (χ0) is 31.9. The highest BCUT2D eigenvalue weighted by Gasteiger charge is 2.28. The number of rotatable bonds is 16. The van der Waals surface area contributed by atoms with Crippen molar-refractivity contribution in [1.82, 2.24) is 36.6 Å². The number of hydrogen-bond donors (Lipinski definition) is 7. The number of para-hydroxylation sites is 1. The quantitative estimate of drug-likeness (QED) is 0.135. The van der Waals surface area contributed by atoms with E-state index in [-0.39, 0.29) is 12.3 Å². The first kappa shape index (κ1) is 34.8. The Morgan fingerprint density at radius 1 is 0.767 bits per heavy atom. The van der Waals surface area contributed by atoms with Crippen molar-refractivity contribution in [3.05, 3.63) is 48.5 Å². The summed E-state index contributed by atoms with van der Waals surface area (Å²) < 4.78 is 0. The van der Waals surface area contributed by atoms with Gasteiger partial charge in [0.1, 0.15) is 30.2 Å². The molecule has 5 atom stereocenters. The van der Waals surface area contributed by atoms with Crippen LogP contribution in [-0.2, 0) is 35.2 Å². The van der Waals surface area contributed by atoms with Crippen LogP contribution < -0.4 is 31.9 Å². The van der Waals surface area contributed by atoms with Gasteiger partial charge in [0.25, 0.3) is 0 Å². The van der Waals surface area contributed by atoms with Crippen molar-refractivity contribution in [2.45, 2.75) is 70.7 Å². The molecule has 0 aliphatic heterocycles. The Kier molecular flexibility index (Phi) is 14.2. The van der Waals surface area contributed by atoms with E-state index in [0.717, 1.165) is 0 Å². The lowest BCUT2D eigenvalue weighted by atomic mass is 10.1. The lowest BCUT2D eigenvalue weighted by Crippen LogP contribution is -2.57. The SMILES string of the molecule is CSCC[C@H](NC(=O)[C@H](C)NC(=O)[C@H](C)NC(=O)[C@H](C)NC(=O)[C@H](Cc1cnc[nH]1)NC(C)=O)C(=O)Nc1ccccc1. The van der Waals surface area contributed by atoms with E-state index in [1.54, 1.807) is 24.3 Å². The molecule has 6 amide bonds. The third-order valence-electron chi connectivity index (χ3n) is 6.21. The van der Waals surface area contributed by atoms with Crippen LogP contribution in [0.15, 0.2) is 42.9 Å². The number of imidazole rings is 1. The van der Waals surface area contributed by atoms with Crippen molar-refractivity contribution in [2.75, 3.05) is 17.3 Å². The zero-order valence-corrected chi connectivity index (χ0v) is 25.7. The second-order valence-electron chi connectivity index (χ2n) is 9.92. The van der Waals surface area contributed by atoms with Gasteiger partial charge in [0.05, 0.1) is 6.33 Å². The van der Waals surface area contributed by atoms with E-state index < -0.39 is 59.7 Å². The second-order valence-corrected chi connectivity index (χ2v) is 10.9. The second kappa shape index (κ2) is 17.5. The lowest BCUT2D eigenvalue weighted by molar-refractivity contribution is -0.134. The molecule has 1 heterocycles. The number of aromatic amines is 1. The summed E-state index contributed by atoms with van der Waals surface area (Å²) >= 11 is 1.53. The molecule has 0 radical (unpaired) electrons. The Morgan fingerprint density at radius 3 is 1.84 bits per heavy atom. The first-order chi connectivity index (χ1) is 20.4. The number of hydrogen-bond acceptors (Lipinski definition) is 8. The maximum atomic E-state index is 12.9. The Morgan fingerprint density at radius 2 is 1.33 bits per heavy atom. The largest absolute Gasteiger partial charge is 0.348 e. The van der Waals surface area contributed by atoms with Gasteiger partial charge in [-0.1, -0.05) is 18.2 Å². The van der Waals surface area contributed by atoms with Gasteiger partial charge >= 0.3 is 0 Å². The van der Waals surface area contributed by atoms with Crippen molar-refractivity contribution >= 4 is 52.9 Å². The number of carbonyl (C=O) groups excluding carboxylic acids is 6. The fraction of sp³-hybridized carbons (Fsp3) is 0.464. The number of carbonyl (C=O) groups is 6. The van der Waals surface area contributed by atoms with Gasteiger partial charge in [-0.2, -0.15) is 11.8 Å². The minimum absolute atomic E-state index is 0.130. The summed E-state index contributed by atoms with van der Waals surface area (Å²) in [6.07, 6.45) is 5.36. The van der Waals surface area contributed by atoms with Gasteiger partial charge in [0.2, 0.25) is 35.4 Å². The topological polar surface area (TPSA) is 203 Å². The molecule has 14 nitrogen and oxygen atoms in total. The number of benzene rings is 1. The molecule has 0 saturated carbocycles. The standard InChI is InChI=1S/C28H40N8O6S/c1-16(31-25(39)17(2)33-28(42)23(34-19(4)37)13-21-14-29-15-30-21)24(38)32-18(3)26(40)36-22(11-12-43-5)27(41)35-20-9-7-6-8-10-20/h6-10,14-18,22-23H,11-13H2,1-5H3,(H,29,30)(H,31,39)(H,32,38)(H,33,42)(H,34,37)(H,35,41)(H,36,40)/t16-,17-,18-,22-,23-/m0/s1. The molecular formula is C28H40N8O6S. The van der Waals surface area contributed by atoms with Crippen LogP contribution >= 0.6 is 11.8 Å². The number of H-pyrrole nitrogens is 1. The van der Waals surface area contributed by atoms with Crippen LogP contribution in [0.4, 0.5) is 5.69 Å². The first-order valence-corrected chi connectivity index (χ1v) is 15.1. The number of nitrogens with one attached hydrogen (secondary N) is 7. The molecule has 15 heteroatoms. The Hall–Kier alpha value is -4.40. The van der Waals surface area contributed by atoms with E-state index in [0.29, 0.717) is 23.6 Å². The van der Waals surface area contributed by atoms with Crippen LogP contribution in [0.5, 0.6) is 0 Å². The molecule has 0 spiro atoms. The monoisotopic (exact) mass is 616 g/mol. The summed E-state index contributed by atoms with van der Waals surface area (Å²) in [6.45, 7) is 5.60. The summed E-state index contributed by atoms with van der Waals surface area (Å²) in [7, 11) is 0. The van der Waals surface area contributed by atoms with E-state index in [1.165, 1.54) is 52.0 Å². The third-order valence-corrected chi connectivity index (χ3v) is 6.86. The normalized spacial score (nSPS) is 14.2. The molecule has 2 rings (SSSR count). The Balaban J connectivity index is 1.89. The molecule has 234 valence electrons. The van der Waals surface area contributed by atoms with Gasteiger partial charge in [0.15, 0.2) is 0 Å². The van der Waals surface area contributed by atoms with E-state index in [9.17, 15) is 28.8 Å². The summed E-state index contributed by atoms with van der Waals surface area (Å²) in [5.74, 6) is -2.63. The van der Waals surface area contributed by atoms with E-state index >= 15 is 0 Å². The molecule has 2 aromatic rings. The molecule has 43 heavy (non-hydrogen) atoms. The van der Waals surface area contributed by atoms with Crippen molar-refractivity contribution in [2.24, 2.45) is 0 Å². The van der Waals surface area contributed by atoms with Crippen molar-refractivity contribution in [1.29, 1.82) is 0 Å². The van der Waals surface area contributed by atoms with Crippen molar-refractivity contribution in [3.63, 3.8) is 0 Å². The molecule has 0 aliphatic carbocycles. The summed E-state index contributed by atoms with van der Waals surface area (Å²) in [6, 6.07) is 3.97. The number of amides is 6. The number of nitrogens with zero attached hydrogens (tertiary/aromatic N) is 1. The maximum absolute atomic E-state index is 12.9. The lowest BCUT2D eigenvalue weighted by Gasteiger charge is -2.23. The van der Waals surface area contributed by atoms with Gasteiger partial charge in [-0.25, -0.2) is 4.98 Å². The zero-order valence-electron chi connectivity index (χ0n) is 24.9. The van der Waals surface area contributed by atoms with Crippen LogP contribution in [0.2, 0.25) is 0 Å². The molecule has 1 aromatic carbocycles. The average molecular weight is 617 g/mol. The van der Waals surface area contributed by atoms with E-state index in [2.05, 4.69) is 41.9 Å². The fourth-order valence-electron chi connectivity index (χ4n) is 3.81. The predicted molar refractivity (Wildman–Crippen MR) is 163 cm³/mol. The summed E-state index contributed by atoms with van der Waals surface area (Å²) in [4.78, 5) is 82.2. The van der Waals surface area contributed by atoms with Gasteiger partial charge in [-0.15, -0.1) is 0 Å². The molecule has 0 aliphatic rings. The van der Waals surface area contributed by atoms with Gasteiger partial charge in [-0.3, -0.25) is 28.8 Å². The van der Waals surface area contributed by atoms with Crippen LogP contribution in [0.25, 0.3) is 0 Å². The third kappa shape index (κ3) is 12.2. The molecule has 7 N–H and O–H groups in total. The first-order valence-electron chi connectivity index (χ1n) is 13.7. The number of thioether (sulfide) groups is 1. The van der Waals surface area contributed by atoms with Crippen molar-refractivity contribution < 1.29 is 28.8 Å². The molecule has 0 saturated heterocycles. The van der Waals surface area contributed by atoms with Crippen LogP contribution in [-0.4, -0.2) is 87.6 Å². The summed E-state index contributed by atoms with van der Waals surface area (Å²) in [5.41, 5.74) is 1.21. The predicted octanol–water partition coefficient (Wildman–Crippen LogP) is -0.152. The smallest absolute Gasteiger partial charge is 0.246 e. The molecule has 0 unspecified atom stereocenters. The van der Waals surface area contributed by atoms with E-state index in [4.69, 9.17) is 0 Å². The highest BCUT2D eigenvalue weighted by atomic mass is 32.2. The van der Waals surface area contributed by atoms with Crippen molar-refractivity contribution in [3.8, 4) is 0 Å². The molecule has 0 bridgehead atoms. The highest BCUT2D eigenvalue weighted by molar-refractivity contribution is 7.98. The van der Waals surface area contributed by atoms with E-state index in [1.807, 2.05) is 12.3 Å². The molecular weight excluding hydrogens is 576 g/mol. The molecule has 0 fully saturated rings. The number of anilines is 1. The van der Waals surface area contributed by atoms with Gasteiger partial charge < -0.3 is 36.9 Å². The number of aromatic nitrogens is 2. The maximum Gasteiger partial charge on any atom is 0.246 e. The van der Waals surface area contributed by atoms with Gasteiger partial charge in [-0.05, 0) is 51.3 Å². The minimum atomic E-state index is -1.05. The van der Waals surface area contributed by atoms with Crippen LogP contribution in [0, 0.1) is 0 Å². The Labute approximate surface area is 254 Å². The summed E-state index contributed by atoms with van der Waals surface area (Å²) in [5, 5.41) is 15.6.